The second kappa shape index (κ2) is 8.97. The average Bonchev–Trinajstić information content (AvgIpc) is 3.22. The zero-order valence-corrected chi connectivity index (χ0v) is 17.9. The van der Waals surface area contributed by atoms with E-state index >= 15 is 0 Å². The summed E-state index contributed by atoms with van der Waals surface area (Å²) in [4.78, 5) is 22.4. The molecule has 3 aromatic heterocycles. The fraction of sp³-hybridized carbons (Fsp3) is 0.611. The van der Waals surface area contributed by atoms with E-state index < -0.39 is 0 Å². The maximum Gasteiger partial charge on any atom is 0.260 e. The van der Waals surface area contributed by atoms with Crippen molar-refractivity contribution in [2.24, 2.45) is 5.92 Å². The predicted molar refractivity (Wildman–Crippen MR) is 110 cm³/mol. The van der Waals surface area contributed by atoms with Crippen LogP contribution in [-0.4, -0.2) is 30.2 Å². The standard InChI is InChI=1S/C18H26N6OS2/c1-5-7-8-24-14(21-22-23-24)10-26-18-19-16(25)15-13(9-11(3)6-2)12(4)27-17(15)20-18/h11H,5-10H2,1-4H3,(H,19,20,25). The molecule has 0 saturated carbocycles. The van der Waals surface area contributed by atoms with E-state index in [0.29, 0.717) is 16.8 Å². The molecule has 0 aromatic carbocycles. The Morgan fingerprint density at radius 3 is 2.89 bits per heavy atom. The van der Waals surface area contributed by atoms with Crippen molar-refractivity contribution in [3.63, 3.8) is 0 Å². The zero-order valence-electron chi connectivity index (χ0n) is 16.3. The number of hydrogen-bond acceptors (Lipinski definition) is 7. The van der Waals surface area contributed by atoms with Gasteiger partial charge in [-0.25, -0.2) is 9.67 Å². The van der Waals surface area contributed by atoms with Crippen LogP contribution in [-0.2, 0) is 18.7 Å². The van der Waals surface area contributed by atoms with E-state index in [1.165, 1.54) is 16.6 Å². The van der Waals surface area contributed by atoms with Crippen molar-refractivity contribution < 1.29 is 0 Å². The fourth-order valence-electron chi connectivity index (χ4n) is 2.90. The number of tetrazole rings is 1. The first kappa shape index (κ1) is 20.0. The van der Waals surface area contributed by atoms with Crippen LogP contribution >= 0.6 is 23.1 Å². The summed E-state index contributed by atoms with van der Waals surface area (Å²) in [5.41, 5.74) is 1.11. The Morgan fingerprint density at radius 1 is 1.33 bits per heavy atom. The van der Waals surface area contributed by atoms with Gasteiger partial charge in [0.15, 0.2) is 11.0 Å². The molecular weight excluding hydrogens is 380 g/mol. The molecule has 3 rings (SSSR count). The van der Waals surface area contributed by atoms with E-state index in [9.17, 15) is 4.79 Å². The Labute approximate surface area is 167 Å². The maximum atomic E-state index is 12.7. The fourth-order valence-corrected chi connectivity index (χ4v) is 4.81. The summed E-state index contributed by atoms with van der Waals surface area (Å²) >= 11 is 3.07. The van der Waals surface area contributed by atoms with Crippen molar-refractivity contribution in [1.29, 1.82) is 0 Å². The molecular formula is C18H26N6OS2. The molecule has 9 heteroatoms. The molecule has 1 unspecified atom stereocenters. The van der Waals surface area contributed by atoms with Gasteiger partial charge in [-0.05, 0) is 41.7 Å². The number of thioether (sulfide) groups is 1. The van der Waals surface area contributed by atoms with E-state index in [1.807, 2.05) is 4.68 Å². The summed E-state index contributed by atoms with van der Waals surface area (Å²) in [6, 6.07) is 0. The second-order valence-corrected chi connectivity index (χ2v) is 9.03. The highest BCUT2D eigenvalue weighted by atomic mass is 32.2. The number of fused-ring (bicyclic) bond motifs is 1. The largest absolute Gasteiger partial charge is 0.301 e. The lowest BCUT2D eigenvalue weighted by molar-refractivity contribution is 0.540. The molecule has 0 spiro atoms. The minimum Gasteiger partial charge on any atom is -0.301 e. The number of nitrogens with one attached hydrogen (secondary N) is 1. The van der Waals surface area contributed by atoms with Gasteiger partial charge in [0.25, 0.3) is 5.56 Å². The van der Waals surface area contributed by atoms with E-state index in [0.717, 1.165) is 53.8 Å². The average molecular weight is 407 g/mol. The number of aromatic amines is 1. The molecule has 7 nitrogen and oxygen atoms in total. The van der Waals surface area contributed by atoms with Crippen LogP contribution in [0.2, 0.25) is 0 Å². The highest BCUT2D eigenvalue weighted by Gasteiger charge is 2.17. The summed E-state index contributed by atoms with van der Waals surface area (Å²) < 4.78 is 1.83. The summed E-state index contributed by atoms with van der Waals surface area (Å²) in [6.45, 7) is 9.43. The van der Waals surface area contributed by atoms with Gasteiger partial charge in [0.05, 0.1) is 11.1 Å². The molecule has 0 fully saturated rings. The number of H-pyrrole nitrogens is 1. The number of rotatable bonds is 9. The van der Waals surface area contributed by atoms with Crippen LogP contribution in [0.25, 0.3) is 10.2 Å². The first-order valence-electron chi connectivity index (χ1n) is 9.43. The molecule has 0 aliphatic carbocycles. The number of unbranched alkanes of at least 4 members (excludes halogenated alkanes) is 1. The Bertz CT molecular complexity index is 961. The quantitative estimate of drug-likeness (QED) is 0.427. The molecule has 0 aliphatic heterocycles. The first-order valence-corrected chi connectivity index (χ1v) is 11.2. The third-order valence-electron chi connectivity index (χ3n) is 4.76. The maximum absolute atomic E-state index is 12.7. The molecule has 0 saturated heterocycles. The van der Waals surface area contributed by atoms with Crippen LogP contribution in [0, 0.1) is 12.8 Å². The van der Waals surface area contributed by atoms with E-state index in [1.54, 1.807) is 11.3 Å². The molecule has 0 amide bonds. The number of nitrogens with zero attached hydrogens (tertiary/aromatic N) is 5. The van der Waals surface area contributed by atoms with Gasteiger partial charge in [-0.2, -0.15) is 0 Å². The van der Waals surface area contributed by atoms with Crippen molar-refractivity contribution in [2.45, 2.75) is 70.8 Å². The van der Waals surface area contributed by atoms with Crippen LogP contribution in [0.15, 0.2) is 9.95 Å². The van der Waals surface area contributed by atoms with Crippen LogP contribution < -0.4 is 5.56 Å². The van der Waals surface area contributed by atoms with Gasteiger partial charge in [0, 0.05) is 11.4 Å². The number of aromatic nitrogens is 6. The van der Waals surface area contributed by atoms with Gasteiger partial charge >= 0.3 is 0 Å². The second-order valence-electron chi connectivity index (χ2n) is 6.87. The van der Waals surface area contributed by atoms with Crippen molar-refractivity contribution in [1.82, 2.24) is 30.2 Å². The lowest BCUT2D eigenvalue weighted by atomic mass is 9.98. The smallest absolute Gasteiger partial charge is 0.260 e. The number of thiophene rings is 1. The van der Waals surface area contributed by atoms with Crippen molar-refractivity contribution in [2.75, 3.05) is 0 Å². The predicted octanol–water partition coefficient (Wildman–Crippen LogP) is 3.96. The Balaban J connectivity index is 1.81. The Kier molecular flexibility index (Phi) is 6.64. The molecule has 3 aromatic rings. The minimum atomic E-state index is -0.0456. The van der Waals surface area contributed by atoms with Gasteiger partial charge < -0.3 is 4.98 Å². The highest BCUT2D eigenvalue weighted by molar-refractivity contribution is 7.98. The normalized spacial score (nSPS) is 12.7. The molecule has 1 N–H and O–H groups in total. The molecule has 0 bridgehead atoms. The monoisotopic (exact) mass is 406 g/mol. The van der Waals surface area contributed by atoms with E-state index in [-0.39, 0.29) is 5.56 Å². The summed E-state index contributed by atoms with van der Waals surface area (Å²) in [6.07, 6.45) is 4.15. The molecule has 1 atom stereocenters. The number of aryl methyl sites for hydroxylation is 2. The van der Waals surface area contributed by atoms with Crippen molar-refractivity contribution in [3.8, 4) is 0 Å². The molecule has 3 heterocycles. The van der Waals surface area contributed by atoms with E-state index in [2.05, 4.69) is 48.2 Å². The van der Waals surface area contributed by atoms with Crippen LogP contribution in [0.4, 0.5) is 0 Å². The van der Waals surface area contributed by atoms with Gasteiger partial charge in [0.2, 0.25) is 0 Å². The zero-order chi connectivity index (χ0) is 19.4. The van der Waals surface area contributed by atoms with Crippen LogP contribution in [0.1, 0.15) is 56.3 Å². The molecule has 0 aliphatic rings. The molecule has 27 heavy (non-hydrogen) atoms. The SMILES string of the molecule is CCCCn1nnnc1CSc1nc2sc(C)c(CC(C)CC)c2c(=O)[nH]1. The molecule has 146 valence electrons. The molecule has 0 radical (unpaired) electrons. The minimum absolute atomic E-state index is 0.0456. The van der Waals surface area contributed by atoms with Gasteiger partial charge in [0.1, 0.15) is 4.83 Å². The number of hydrogen-bond donors (Lipinski definition) is 1. The van der Waals surface area contributed by atoms with Gasteiger partial charge in [-0.1, -0.05) is 45.4 Å². The lowest BCUT2D eigenvalue weighted by Crippen LogP contribution is -2.11. The summed E-state index contributed by atoms with van der Waals surface area (Å²) in [5, 5.41) is 13.3. The van der Waals surface area contributed by atoms with Crippen molar-refractivity contribution >= 4 is 33.3 Å². The first-order chi connectivity index (χ1) is 13.0. The lowest BCUT2D eigenvalue weighted by Gasteiger charge is -2.08. The van der Waals surface area contributed by atoms with Crippen LogP contribution in [0.3, 0.4) is 0 Å². The highest BCUT2D eigenvalue weighted by Crippen LogP contribution is 2.30. The van der Waals surface area contributed by atoms with Crippen LogP contribution in [0.5, 0.6) is 0 Å². The Hall–Kier alpha value is -1.74. The van der Waals surface area contributed by atoms with Gasteiger partial charge in [-0.15, -0.1) is 16.4 Å². The van der Waals surface area contributed by atoms with E-state index in [4.69, 9.17) is 4.98 Å². The third kappa shape index (κ3) is 4.57. The third-order valence-corrected chi connectivity index (χ3v) is 6.67. The van der Waals surface area contributed by atoms with Crippen molar-refractivity contribution in [3.05, 3.63) is 26.6 Å². The summed E-state index contributed by atoms with van der Waals surface area (Å²) in [5.74, 6) is 1.93. The topological polar surface area (TPSA) is 89.3 Å². The summed E-state index contributed by atoms with van der Waals surface area (Å²) in [7, 11) is 0. The Morgan fingerprint density at radius 2 is 2.15 bits per heavy atom. The van der Waals surface area contributed by atoms with Gasteiger partial charge in [-0.3, -0.25) is 4.79 Å².